The van der Waals surface area contributed by atoms with Gasteiger partial charge in [-0.1, -0.05) is 30.3 Å². The van der Waals surface area contributed by atoms with Gasteiger partial charge < -0.3 is 15.1 Å². The van der Waals surface area contributed by atoms with Gasteiger partial charge in [-0.15, -0.1) is 0 Å². The molecule has 0 spiro atoms. The monoisotopic (exact) mass is 456 g/mol. The average Bonchev–Trinajstić information content (AvgIpc) is 3.24. The van der Waals surface area contributed by atoms with Crippen LogP contribution in [0.4, 0.5) is 13.2 Å². The lowest BCUT2D eigenvalue weighted by molar-refractivity contribution is -0.167. The molecule has 0 aliphatic rings. The van der Waals surface area contributed by atoms with Crippen LogP contribution < -0.4 is 10.6 Å². The van der Waals surface area contributed by atoms with Crippen molar-refractivity contribution in [2.45, 2.75) is 38.0 Å². The summed E-state index contributed by atoms with van der Waals surface area (Å²) in [6.07, 6.45) is -2.71. The van der Waals surface area contributed by atoms with E-state index in [1.807, 2.05) is 6.07 Å². The number of Topliss-reactive ketones (excluding diaryl/α,β-unsaturated/α-hetero) is 1. The first-order valence-electron chi connectivity index (χ1n) is 9.57. The first-order chi connectivity index (χ1) is 14.8. The molecule has 0 bridgehead atoms. The molecule has 0 saturated heterocycles. The molecule has 1 aromatic heterocycles. The summed E-state index contributed by atoms with van der Waals surface area (Å²) >= 11 is 0.846. The number of ketones is 1. The van der Waals surface area contributed by atoms with E-state index >= 15 is 0 Å². The molecule has 1 heterocycles. The predicted molar refractivity (Wildman–Crippen MR) is 110 cm³/mol. The lowest BCUT2D eigenvalue weighted by atomic mass is 10.1. The highest BCUT2D eigenvalue weighted by atomic mass is 32.2. The molecular weight excluding hydrogens is 433 g/mol. The van der Waals surface area contributed by atoms with Gasteiger partial charge in [-0.25, -0.2) is 0 Å². The van der Waals surface area contributed by atoms with Crippen LogP contribution in [0.1, 0.15) is 24.2 Å². The Morgan fingerprint density at radius 2 is 1.81 bits per heavy atom. The molecule has 0 aliphatic heterocycles. The second kappa shape index (κ2) is 12.2. The molecule has 168 valence electrons. The minimum absolute atomic E-state index is 0.0949. The SMILES string of the molecule is O=C(Cc1ccccc1)N[C@@H](CCCSCC(=O)C(F)(F)F)C(=O)NCc1ccco1. The molecule has 2 aromatic rings. The third-order valence-corrected chi connectivity index (χ3v) is 5.25. The maximum Gasteiger partial charge on any atom is 0.450 e. The molecule has 2 N–H and O–H groups in total. The van der Waals surface area contributed by atoms with Gasteiger partial charge in [-0.05, 0) is 36.3 Å². The molecule has 6 nitrogen and oxygen atoms in total. The number of carbonyl (C=O) groups is 3. The van der Waals surface area contributed by atoms with E-state index in [1.54, 1.807) is 36.4 Å². The number of hydrogen-bond acceptors (Lipinski definition) is 5. The van der Waals surface area contributed by atoms with Gasteiger partial charge in [-0.3, -0.25) is 14.4 Å². The van der Waals surface area contributed by atoms with Crippen LogP contribution in [-0.4, -0.2) is 41.3 Å². The van der Waals surface area contributed by atoms with Gasteiger partial charge in [0.2, 0.25) is 17.6 Å². The fraction of sp³-hybridized carbons (Fsp3) is 0.381. The number of hydrogen-bond donors (Lipinski definition) is 2. The number of rotatable bonds is 12. The number of furan rings is 1. The Morgan fingerprint density at radius 1 is 1.06 bits per heavy atom. The summed E-state index contributed by atoms with van der Waals surface area (Å²) in [5.74, 6) is -2.43. The number of amides is 2. The molecule has 1 aromatic carbocycles. The molecule has 1 atom stereocenters. The normalized spacial score (nSPS) is 12.2. The molecule has 0 radical (unpaired) electrons. The fourth-order valence-corrected chi connectivity index (χ4v) is 3.51. The lowest BCUT2D eigenvalue weighted by Crippen LogP contribution is -2.47. The molecule has 2 rings (SSSR count). The lowest BCUT2D eigenvalue weighted by Gasteiger charge is -2.18. The Morgan fingerprint density at radius 3 is 2.45 bits per heavy atom. The standard InChI is InChI=1S/C21H23F3N2O4S/c22-21(23,24)18(27)14-31-11-5-9-17(20(29)25-13-16-8-4-10-30-16)26-19(28)12-15-6-2-1-3-7-15/h1-4,6-8,10,17H,5,9,11-14H2,(H,25,29)(H,26,28)/t17-/m0/s1. The number of benzene rings is 1. The van der Waals surface area contributed by atoms with Gasteiger partial charge in [0, 0.05) is 0 Å². The summed E-state index contributed by atoms with van der Waals surface area (Å²) in [5, 5.41) is 5.36. The minimum Gasteiger partial charge on any atom is -0.467 e. The molecule has 10 heteroatoms. The Kier molecular flexibility index (Phi) is 9.64. The molecule has 0 unspecified atom stereocenters. The van der Waals surface area contributed by atoms with Gasteiger partial charge in [0.15, 0.2) is 0 Å². The quantitative estimate of drug-likeness (QED) is 0.479. The van der Waals surface area contributed by atoms with Crippen LogP contribution in [0.25, 0.3) is 0 Å². The molecule has 0 saturated carbocycles. The van der Waals surface area contributed by atoms with E-state index in [4.69, 9.17) is 4.42 Å². The van der Waals surface area contributed by atoms with Gasteiger partial charge in [0.1, 0.15) is 11.8 Å². The number of alkyl halides is 3. The van der Waals surface area contributed by atoms with E-state index in [1.165, 1.54) is 6.26 Å². The van der Waals surface area contributed by atoms with Crippen molar-refractivity contribution in [1.29, 1.82) is 0 Å². The second-order valence-corrected chi connectivity index (χ2v) is 7.80. The highest BCUT2D eigenvalue weighted by Gasteiger charge is 2.37. The zero-order chi connectivity index (χ0) is 22.7. The third-order valence-electron chi connectivity index (χ3n) is 4.21. The Labute approximate surface area is 182 Å². The number of halogens is 3. The molecular formula is C21H23F3N2O4S. The summed E-state index contributed by atoms with van der Waals surface area (Å²) in [6, 6.07) is 11.5. The summed E-state index contributed by atoms with van der Waals surface area (Å²) < 4.78 is 41.9. The van der Waals surface area contributed by atoms with Crippen molar-refractivity contribution in [3.05, 3.63) is 60.1 Å². The number of thioether (sulfide) groups is 1. The summed E-state index contributed by atoms with van der Waals surface area (Å²) in [4.78, 5) is 35.8. The maximum absolute atomic E-state index is 12.6. The highest BCUT2D eigenvalue weighted by Crippen LogP contribution is 2.19. The van der Waals surface area contributed by atoms with Crippen LogP contribution in [0, 0.1) is 0 Å². The zero-order valence-electron chi connectivity index (χ0n) is 16.6. The summed E-state index contributed by atoms with van der Waals surface area (Å²) in [6.45, 7) is 0.145. The predicted octanol–water partition coefficient (Wildman–Crippen LogP) is 3.27. The van der Waals surface area contributed by atoms with Crippen molar-refractivity contribution in [1.82, 2.24) is 10.6 Å². The van der Waals surface area contributed by atoms with E-state index in [9.17, 15) is 27.6 Å². The molecule has 2 amide bonds. The first-order valence-corrected chi connectivity index (χ1v) is 10.7. The van der Waals surface area contributed by atoms with Crippen molar-refractivity contribution in [2.24, 2.45) is 0 Å². The first kappa shape index (κ1) is 24.5. The zero-order valence-corrected chi connectivity index (χ0v) is 17.4. The van der Waals surface area contributed by atoms with E-state index in [2.05, 4.69) is 10.6 Å². The topological polar surface area (TPSA) is 88.4 Å². The highest BCUT2D eigenvalue weighted by molar-refractivity contribution is 7.99. The second-order valence-electron chi connectivity index (χ2n) is 6.70. The van der Waals surface area contributed by atoms with Crippen LogP contribution in [0.2, 0.25) is 0 Å². The molecule has 31 heavy (non-hydrogen) atoms. The van der Waals surface area contributed by atoms with E-state index in [-0.39, 0.29) is 31.0 Å². The number of carbonyl (C=O) groups excluding carboxylic acids is 3. The van der Waals surface area contributed by atoms with Crippen LogP contribution in [0.5, 0.6) is 0 Å². The van der Waals surface area contributed by atoms with Crippen LogP contribution in [0.3, 0.4) is 0 Å². The van der Waals surface area contributed by atoms with Gasteiger partial charge >= 0.3 is 6.18 Å². The molecule has 0 fully saturated rings. The third kappa shape index (κ3) is 9.29. The summed E-state index contributed by atoms with van der Waals surface area (Å²) in [7, 11) is 0. The van der Waals surface area contributed by atoms with E-state index in [0.29, 0.717) is 12.2 Å². The average molecular weight is 456 g/mol. The van der Waals surface area contributed by atoms with Gasteiger partial charge in [0.25, 0.3) is 0 Å². The molecule has 0 aliphatic carbocycles. The van der Waals surface area contributed by atoms with Crippen molar-refractivity contribution < 1.29 is 32.0 Å². The summed E-state index contributed by atoms with van der Waals surface area (Å²) in [5.41, 5.74) is 0.788. The van der Waals surface area contributed by atoms with Crippen molar-refractivity contribution in [3.8, 4) is 0 Å². The Hall–Kier alpha value is -2.75. The Balaban J connectivity index is 1.86. The van der Waals surface area contributed by atoms with Crippen LogP contribution in [0.15, 0.2) is 53.1 Å². The van der Waals surface area contributed by atoms with Gasteiger partial charge in [0.05, 0.1) is 25.0 Å². The largest absolute Gasteiger partial charge is 0.467 e. The van der Waals surface area contributed by atoms with Crippen LogP contribution in [-0.2, 0) is 27.3 Å². The van der Waals surface area contributed by atoms with Crippen molar-refractivity contribution >= 4 is 29.4 Å². The van der Waals surface area contributed by atoms with E-state index in [0.717, 1.165) is 17.3 Å². The maximum atomic E-state index is 12.6. The number of nitrogens with one attached hydrogen (secondary N) is 2. The fourth-order valence-electron chi connectivity index (χ4n) is 2.64. The Bertz CT molecular complexity index is 842. The minimum atomic E-state index is -4.84. The smallest absolute Gasteiger partial charge is 0.450 e. The van der Waals surface area contributed by atoms with Crippen molar-refractivity contribution in [2.75, 3.05) is 11.5 Å². The van der Waals surface area contributed by atoms with E-state index < -0.39 is 29.7 Å². The van der Waals surface area contributed by atoms with Gasteiger partial charge in [-0.2, -0.15) is 24.9 Å². The van der Waals surface area contributed by atoms with Crippen LogP contribution >= 0.6 is 11.8 Å². The van der Waals surface area contributed by atoms with Crippen molar-refractivity contribution in [3.63, 3.8) is 0 Å².